The molecular weight excluding hydrogens is 678 g/mol. The molecule has 3 saturated heterocycles. The standard InChI is InChI=1S/C37H50BrN3O7/c1-3-5-19-29(43)47-24-28(25-15-9-6-10-16-25)39-34(44)30-31-35(45)41(21-13-8-14-22-42)33(37(31)23-27(38)32(30)48-37)36(46)40(20-4-2)26-17-11-7-12-18-26/h3-4,6,9-10,15-16,26-28,30-33,42H,1-2,5,7-8,11-14,17-24H2,(H,39,44)/t27?,28-,30-,31+,32-,33-,37+/m1/s1. The Morgan fingerprint density at radius 1 is 1.12 bits per heavy atom. The van der Waals surface area contributed by atoms with Crippen LogP contribution in [0.2, 0.25) is 0 Å². The van der Waals surface area contributed by atoms with E-state index in [9.17, 15) is 24.3 Å². The lowest BCUT2D eigenvalue weighted by Crippen LogP contribution is -2.58. The van der Waals surface area contributed by atoms with Crippen molar-refractivity contribution < 1.29 is 33.8 Å². The average molecular weight is 729 g/mol. The van der Waals surface area contributed by atoms with Gasteiger partial charge in [-0.3, -0.25) is 19.2 Å². The SMILES string of the molecule is C=CCCC(=O)OC[C@@H](NC(=O)[C@H]1[C@@H]2O[C@@]3(CC2Br)[C@@H]1C(=O)N(CCCCCO)[C@@H]3C(=O)N(CC=C)C1CCCCC1)c1ccccc1. The molecule has 2 bridgehead atoms. The van der Waals surface area contributed by atoms with E-state index < -0.39 is 35.6 Å². The van der Waals surface area contributed by atoms with Crippen molar-refractivity contribution in [3.05, 3.63) is 61.2 Å². The van der Waals surface area contributed by atoms with E-state index in [-0.39, 0.29) is 54.2 Å². The number of aliphatic hydroxyl groups is 1. The van der Waals surface area contributed by atoms with Crippen LogP contribution in [0.1, 0.15) is 82.2 Å². The van der Waals surface area contributed by atoms with Gasteiger partial charge in [0.25, 0.3) is 0 Å². The first-order valence-electron chi connectivity index (χ1n) is 17.5. The number of fused-ring (bicyclic) bond motifs is 1. The first-order chi connectivity index (χ1) is 23.3. The van der Waals surface area contributed by atoms with E-state index in [1.54, 1.807) is 17.1 Å². The number of esters is 1. The van der Waals surface area contributed by atoms with Crippen molar-refractivity contribution in [1.29, 1.82) is 0 Å². The van der Waals surface area contributed by atoms with Crippen LogP contribution in [0, 0.1) is 11.8 Å². The largest absolute Gasteiger partial charge is 0.463 e. The van der Waals surface area contributed by atoms with Crippen molar-refractivity contribution in [3.63, 3.8) is 0 Å². The zero-order valence-electron chi connectivity index (χ0n) is 27.8. The van der Waals surface area contributed by atoms with Gasteiger partial charge in [0, 0.05) is 37.0 Å². The molecule has 0 radical (unpaired) electrons. The molecule has 1 saturated carbocycles. The van der Waals surface area contributed by atoms with Gasteiger partial charge in [-0.1, -0.05) is 77.7 Å². The van der Waals surface area contributed by atoms with Crippen LogP contribution < -0.4 is 5.32 Å². The summed E-state index contributed by atoms with van der Waals surface area (Å²) >= 11 is 3.77. The number of nitrogens with one attached hydrogen (secondary N) is 1. The Bertz CT molecular complexity index is 1320. The highest BCUT2D eigenvalue weighted by atomic mass is 79.9. The van der Waals surface area contributed by atoms with E-state index in [2.05, 4.69) is 34.4 Å². The maximum absolute atomic E-state index is 14.8. The first-order valence-corrected chi connectivity index (χ1v) is 18.4. The van der Waals surface area contributed by atoms with Gasteiger partial charge in [0.1, 0.15) is 18.2 Å². The van der Waals surface area contributed by atoms with Gasteiger partial charge in [-0.15, -0.1) is 13.2 Å². The summed E-state index contributed by atoms with van der Waals surface area (Å²) in [7, 11) is 0. The molecule has 1 spiro atoms. The summed E-state index contributed by atoms with van der Waals surface area (Å²) in [5, 5.41) is 12.5. The van der Waals surface area contributed by atoms with Gasteiger partial charge >= 0.3 is 5.97 Å². The molecule has 0 aromatic heterocycles. The molecule has 1 aromatic carbocycles. The number of alkyl halides is 1. The predicted molar refractivity (Wildman–Crippen MR) is 185 cm³/mol. The number of carbonyl (C=O) groups excluding carboxylic acids is 4. The maximum atomic E-state index is 14.8. The molecule has 3 heterocycles. The monoisotopic (exact) mass is 727 g/mol. The third-order valence-electron chi connectivity index (χ3n) is 10.5. The number of allylic oxidation sites excluding steroid dienone is 1. The summed E-state index contributed by atoms with van der Waals surface area (Å²) in [5.41, 5.74) is -0.403. The summed E-state index contributed by atoms with van der Waals surface area (Å²) < 4.78 is 12.3. The number of benzene rings is 1. The van der Waals surface area contributed by atoms with E-state index >= 15 is 0 Å². The second-order valence-electron chi connectivity index (χ2n) is 13.5. The van der Waals surface area contributed by atoms with Gasteiger partial charge < -0.3 is 29.7 Å². The molecule has 11 heteroatoms. The molecule has 7 atom stereocenters. The zero-order valence-corrected chi connectivity index (χ0v) is 29.4. The molecule has 4 aliphatic rings. The van der Waals surface area contributed by atoms with Crippen LogP contribution in [0.4, 0.5) is 0 Å². The Morgan fingerprint density at radius 3 is 2.56 bits per heavy atom. The Labute approximate surface area is 292 Å². The Kier molecular flexibility index (Phi) is 12.5. The zero-order chi connectivity index (χ0) is 34.3. The van der Waals surface area contributed by atoms with Gasteiger partial charge in [0.05, 0.1) is 24.0 Å². The third kappa shape index (κ3) is 7.43. The number of hydrogen-bond acceptors (Lipinski definition) is 7. The molecule has 4 fully saturated rings. The second kappa shape index (κ2) is 16.6. The van der Waals surface area contributed by atoms with Crippen LogP contribution >= 0.6 is 15.9 Å². The van der Waals surface area contributed by atoms with Crippen molar-refractivity contribution >= 4 is 39.6 Å². The van der Waals surface area contributed by atoms with Gasteiger partial charge in [-0.25, -0.2) is 0 Å². The quantitative estimate of drug-likeness (QED) is 0.104. The second-order valence-corrected chi connectivity index (χ2v) is 14.7. The van der Waals surface area contributed by atoms with E-state index in [0.717, 1.165) is 37.7 Å². The number of hydrogen-bond donors (Lipinski definition) is 2. The lowest BCUT2D eigenvalue weighted by atomic mass is 9.70. The van der Waals surface area contributed by atoms with Crippen molar-refractivity contribution in [2.45, 2.75) is 105 Å². The van der Waals surface area contributed by atoms with E-state index in [1.807, 2.05) is 35.2 Å². The highest BCUT2D eigenvalue weighted by Crippen LogP contribution is 2.60. The van der Waals surface area contributed by atoms with Crippen molar-refractivity contribution in [1.82, 2.24) is 15.1 Å². The molecule has 262 valence electrons. The molecule has 3 aliphatic heterocycles. The number of nitrogens with zero attached hydrogens (tertiary/aromatic N) is 2. The number of halogens is 1. The number of likely N-dealkylation sites (tertiary alicyclic amines) is 1. The summed E-state index contributed by atoms with van der Waals surface area (Å²) in [6, 6.07) is 7.83. The van der Waals surface area contributed by atoms with Crippen molar-refractivity contribution in [3.8, 4) is 0 Å². The highest BCUT2D eigenvalue weighted by Gasteiger charge is 2.76. The molecule has 10 nitrogen and oxygen atoms in total. The highest BCUT2D eigenvalue weighted by molar-refractivity contribution is 9.09. The molecule has 48 heavy (non-hydrogen) atoms. The van der Waals surface area contributed by atoms with E-state index in [1.165, 1.54) is 0 Å². The van der Waals surface area contributed by atoms with Crippen molar-refractivity contribution in [2.75, 3.05) is 26.3 Å². The summed E-state index contributed by atoms with van der Waals surface area (Å²) in [6.45, 7) is 8.29. The minimum absolute atomic E-state index is 0.0577. The normalized spacial score (nSPS) is 28.5. The van der Waals surface area contributed by atoms with Gasteiger partial charge in [-0.05, 0) is 50.5 Å². The molecule has 1 aliphatic carbocycles. The van der Waals surface area contributed by atoms with Crippen LogP contribution in [0.5, 0.6) is 0 Å². The molecule has 3 amide bonds. The number of carbonyl (C=O) groups is 4. The van der Waals surface area contributed by atoms with Gasteiger partial charge in [0.2, 0.25) is 17.7 Å². The summed E-state index contributed by atoms with van der Waals surface area (Å²) in [6.07, 6.45) is 10.9. The van der Waals surface area contributed by atoms with Gasteiger partial charge in [0.15, 0.2) is 0 Å². The molecule has 1 aromatic rings. The number of amides is 3. The molecular formula is C37H50BrN3O7. The average Bonchev–Trinajstić information content (AvgIpc) is 3.69. The van der Waals surface area contributed by atoms with Gasteiger partial charge in [-0.2, -0.15) is 0 Å². The predicted octanol–water partition coefficient (Wildman–Crippen LogP) is 4.61. The summed E-state index contributed by atoms with van der Waals surface area (Å²) in [4.78, 5) is 59.4. The Balaban J connectivity index is 1.44. The summed E-state index contributed by atoms with van der Waals surface area (Å²) in [5.74, 6) is -2.84. The fraction of sp³-hybridized carbons (Fsp3) is 0.622. The minimum atomic E-state index is -1.17. The Morgan fingerprint density at radius 2 is 1.88 bits per heavy atom. The topological polar surface area (TPSA) is 125 Å². The first kappa shape index (κ1) is 36.3. The van der Waals surface area contributed by atoms with Crippen LogP contribution in [-0.2, 0) is 28.7 Å². The molecule has 5 rings (SSSR count). The number of unbranched alkanes of at least 4 members (excludes halogenated alkanes) is 2. The lowest BCUT2D eigenvalue weighted by molar-refractivity contribution is -0.150. The lowest BCUT2D eigenvalue weighted by Gasteiger charge is -2.41. The smallest absolute Gasteiger partial charge is 0.306 e. The van der Waals surface area contributed by atoms with E-state index in [4.69, 9.17) is 9.47 Å². The maximum Gasteiger partial charge on any atom is 0.306 e. The fourth-order valence-electron chi connectivity index (χ4n) is 8.27. The van der Waals surface area contributed by atoms with Crippen LogP contribution in [0.15, 0.2) is 55.6 Å². The third-order valence-corrected chi connectivity index (χ3v) is 11.3. The van der Waals surface area contributed by atoms with Crippen molar-refractivity contribution in [2.24, 2.45) is 11.8 Å². The fourth-order valence-corrected chi connectivity index (χ4v) is 9.21. The number of ether oxygens (including phenoxy) is 2. The molecule has 2 N–H and O–H groups in total. The van der Waals surface area contributed by atoms with Crippen LogP contribution in [-0.4, -0.2) is 93.5 Å². The Hall–Kier alpha value is -3.02. The minimum Gasteiger partial charge on any atom is -0.463 e. The van der Waals surface area contributed by atoms with E-state index in [0.29, 0.717) is 45.2 Å². The molecule has 1 unspecified atom stereocenters. The van der Waals surface area contributed by atoms with Crippen LogP contribution in [0.25, 0.3) is 0 Å². The number of rotatable bonds is 17. The van der Waals surface area contributed by atoms with Crippen LogP contribution in [0.3, 0.4) is 0 Å². The number of aliphatic hydroxyl groups excluding tert-OH is 1.